The smallest absolute Gasteiger partial charge is 0.286 e. The van der Waals surface area contributed by atoms with Crippen LogP contribution in [-0.2, 0) is 16.1 Å². The van der Waals surface area contributed by atoms with E-state index in [0.717, 1.165) is 29.4 Å². The average molecular weight is 415 g/mol. The third kappa shape index (κ3) is 4.41. The SMILES string of the molecule is O=C1N=C(N2CCOCC2)SC1=Cc1ccccc1OCc1ccccc1Cl. The zero-order valence-corrected chi connectivity index (χ0v) is 16.7. The summed E-state index contributed by atoms with van der Waals surface area (Å²) in [5.74, 6) is 0.482. The summed E-state index contributed by atoms with van der Waals surface area (Å²) in [4.78, 5) is 19.3. The molecule has 2 aromatic rings. The Labute approximate surface area is 173 Å². The van der Waals surface area contributed by atoms with Gasteiger partial charge in [-0.15, -0.1) is 0 Å². The quantitative estimate of drug-likeness (QED) is 0.701. The number of hydrogen-bond acceptors (Lipinski definition) is 5. The first-order valence-corrected chi connectivity index (χ1v) is 10.2. The number of rotatable bonds is 4. The summed E-state index contributed by atoms with van der Waals surface area (Å²) in [6.07, 6.45) is 1.84. The van der Waals surface area contributed by atoms with E-state index in [1.807, 2.05) is 54.6 Å². The molecule has 0 atom stereocenters. The normalized spacial score (nSPS) is 18.5. The topological polar surface area (TPSA) is 51.1 Å². The molecule has 0 aliphatic carbocycles. The summed E-state index contributed by atoms with van der Waals surface area (Å²) in [5, 5.41) is 1.41. The minimum atomic E-state index is -0.215. The van der Waals surface area contributed by atoms with Crippen molar-refractivity contribution in [3.05, 3.63) is 69.6 Å². The first-order chi connectivity index (χ1) is 13.7. The van der Waals surface area contributed by atoms with Crippen molar-refractivity contribution in [1.82, 2.24) is 4.90 Å². The molecule has 0 radical (unpaired) electrons. The molecule has 5 nitrogen and oxygen atoms in total. The Hall–Kier alpha value is -2.28. The van der Waals surface area contributed by atoms with Crippen LogP contribution in [0.1, 0.15) is 11.1 Å². The van der Waals surface area contributed by atoms with Gasteiger partial charge in [0.05, 0.1) is 18.1 Å². The van der Waals surface area contributed by atoms with E-state index in [9.17, 15) is 4.79 Å². The molecule has 1 fully saturated rings. The Morgan fingerprint density at radius 2 is 1.89 bits per heavy atom. The van der Waals surface area contributed by atoms with Gasteiger partial charge in [-0.05, 0) is 30.0 Å². The minimum Gasteiger partial charge on any atom is -0.488 e. The van der Waals surface area contributed by atoms with Gasteiger partial charge in [-0.3, -0.25) is 4.79 Å². The van der Waals surface area contributed by atoms with Gasteiger partial charge < -0.3 is 14.4 Å². The number of aliphatic imine (C=N–C) groups is 1. The standard InChI is InChI=1S/C21H19ClN2O3S/c22-17-7-3-1-6-16(17)14-27-18-8-4-2-5-15(18)13-19-20(25)23-21(28-19)24-9-11-26-12-10-24/h1-8,13H,9-12,14H2. The number of morpholine rings is 1. The van der Waals surface area contributed by atoms with Crippen molar-refractivity contribution in [1.29, 1.82) is 0 Å². The van der Waals surface area contributed by atoms with Gasteiger partial charge in [0.1, 0.15) is 12.4 Å². The first kappa shape index (κ1) is 19.1. The van der Waals surface area contributed by atoms with Crippen LogP contribution >= 0.6 is 23.4 Å². The number of halogens is 1. The van der Waals surface area contributed by atoms with Crippen LogP contribution in [0.3, 0.4) is 0 Å². The highest BCUT2D eigenvalue weighted by atomic mass is 35.5. The van der Waals surface area contributed by atoms with E-state index in [0.29, 0.717) is 35.5 Å². The Morgan fingerprint density at radius 3 is 2.71 bits per heavy atom. The number of nitrogens with zero attached hydrogens (tertiary/aromatic N) is 2. The zero-order valence-electron chi connectivity index (χ0n) is 15.1. The van der Waals surface area contributed by atoms with Gasteiger partial charge in [0.2, 0.25) is 0 Å². The molecule has 4 rings (SSSR count). The number of hydrogen-bond donors (Lipinski definition) is 0. The van der Waals surface area contributed by atoms with Crippen LogP contribution in [0.25, 0.3) is 6.08 Å². The van der Waals surface area contributed by atoms with Crippen LogP contribution in [0.15, 0.2) is 58.4 Å². The molecule has 2 heterocycles. The fourth-order valence-electron chi connectivity index (χ4n) is 2.93. The molecular formula is C21H19ClN2O3S. The van der Waals surface area contributed by atoms with Crippen molar-refractivity contribution in [3.63, 3.8) is 0 Å². The van der Waals surface area contributed by atoms with Crippen molar-refractivity contribution in [2.45, 2.75) is 6.61 Å². The fraction of sp³-hybridized carbons (Fsp3) is 0.238. The van der Waals surface area contributed by atoms with E-state index >= 15 is 0 Å². The lowest BCUT2D eigenvalue weighted by Crippen LogP contribution is -2.38. The maximum atomic E-state index is 12.4. The molecule has 2 aromatic carbocycles. The molecular weight excluding hydrogens is 396 g/mol. The monoisotopic (exact) mass is 414 g/mol. The second kappa shape index (κ2) is 8.82. The van der Waals surface area contributed by atoms with Gasteiger partial charge in [0.25, 0.3) is 5.91 Å². The number of amidine groups is 1. The second-order valence-electron chi connectivity index (χ2n) is 6.33. The van der Waals surface area contributed by atoms with Crippen LogP contribution < -0.4 is 4.74 Å². The lowest BCUT2D eigenvalue weighted by molar-refractivity contribution is -0.113. The number of benzene rings is 2. The number of para-hydroxylation sites is 1. The summed E-state index contributed by atoms with van der Waals surface area (Å²) in [6, 6.07) is 15.2. The van der Waals surface area contributed by atoms with Crippen LogP contribution in [0.2, 0.25) is 5.02 Å². The Balaban J connectivity index is 1.49. The van der Waals surface area contributed by atoms with Gasteiger partial charge >= 0.3 is 0 Å². The average Bonchev–Trinajstić information content (AvgIpc) is 3.09. The third-order valence-corrected chi connectivity index (χ3v) is 5.85. The van der Waals surface area contributed by atoms with E-state index < -0.39 is 0 Å². The van der Waals surface area contributed by atoms with Crippen molar-refractivity contribution < 1.29 is 14.3 Å². The van der Waals surface area contributed by atoms with E-state index in [2.05, 4.69) is 9.89 Å². The minimum absolute atomic E-state index is 0.215. The van der Waals surface area contributed by atoms with Crippen LogP contribution in [0.5, 0.6) is 5.75 Å². The van der Waals surface area contributed by atoms with E-state index in [4.69, 9.17) is 21.1 Å². The number of amides is 1. The van der Waals surface area contributed by atoms with Crippen molar-refractivity contribution in [3.8, 4) is 5.75 Å². The highest BCUT2D eigenvalue weighted by Crippen LogP contribution is 2.33. The summed E-state index contributed by atoms with van der Waals surface area (Å²) in [5.41, 5.74) is 1.75. The van der Waals surface area contributed by atoms with Gasteiger partial charge in [-0.25, -0.2) is 0 Å². The lowest BCUT2D eigenvalue weighted by atomic mass is 10.2. The molecule has 2 aliphatic heterocycles. The molecule has 0 saturated carbocycles. The van der Waals surface area contributed by atoms with E-state index in [1.165, 1.54) is 11.8 Å². The molecule has 0 spiro atoms. The first-order valence-electron chi connectivity index (χ1n) is 9.01. The summed E-state index contributed by atoms with van der Waals surface area (Å²) < 4.78 is 11.3. The summed E-state index contributed by atoms with van der Waals surface area (Å²) in [7, 11) is 0. The molecule has 2 aliphatic rings. The maximum Gasteiger partial charge on any atom is 0.286 e. The van der Waals surface area contributed by atoms with Gasteiger partial charge in [0.15, 0.2) is 5.17 Å². The summed E-state index contributed by atoms with van der Waals surface area (Å²) >= 11 is 7.61. The van der Waals surface area contributed by atoms with Gasteiger partial charge in [-0.1, -0.05) is 48.0 Å². The van der Waals surface area contributed by atoms with Gasteiger partial charge in [0, 0.05) is 29.2 Å². The van der Waals surface area contributed by atoms with Crippen LogP contribution in [-0.4, -0.2) is 42.3 Å². The van der Waals surface area contributed by atoms with Crippen LogP contribution in [0, 0.1) is 0 Å². The number of ether oxygens (including phenoxy) is 2. The Morgan fingerprint density at radius 1 is 1.14 bits per heavy atom. The molecule has 7 heteroatoms. The second-order valence-corrected chi connectivity index (χ2v) is 7.74. The van der Waals surface area contributed by atoms with E-state index in [1.54, 1.807) is 0 Å². The maximum absolute atomic E-state index is 12.4. The molecule has 28 heavy (non-hydrogen) atoms. The highest BCUT2D eigenvalue weighted by molar-refractivity contribution is 8.18. The molecule has 0 bridgehead atoms. The molecule has 0 aromatic heterocycles. The summed E-state index contributed by atoms with van der Waals surface area (Å²) in [6.45, 7) is 3.18. The van der Waals surface area contributed by atoms with Crippen molar-refractivity contribution in [2.24, 2.45) is 4.99 Å². The zero-order chi connectivity index (χ0) is 19.3. The Bertz CT molecular complexity index is 939. The number of carbonyl (C=O) groups excluding carboxylic acids is 1. The highest BCUT2D eigenvalue weighted by Gasteiger charge is 2.27. The Kier molecular flexibility index (Phi) is 6.00. The van der Waals surface area contributed by atoms with Crippen molar-refractivity contribution >= 4 is 40.5 Å². The lowest BCUT2D eigenvalue weighted by Gasteiger charge is -2.27. The molecule has 1 amide bonds. The predicted octanol–water partition coefficient (Wildman–Crippen LogP) is 4.22. The molecule has 0 N–H and O–H groups in total. The van der Waals surface area contributed by atoms with Gasteiger partial charge in [-0.2, -0.15) is 4.99 Å². The number of carbonyl (C=O) groups is 1. The fourth-order valence-corrected chi connectivity index (χ4v) is 4.08. The molecule has 0 unspecified atom stereocenters. The molecule has 1 saturated heterocycles. The largest absolute Gasteiger partial charge is 0.488 e. The third-order valence-electron chi connectivity index (χ3n) is 4.44. The number of thioether (sulfide) groups is 1. The van der Waals surface area contributed by atoms with Crippen molar-refractivity contribution in [2.75, 3.05) is 26.3 Å². The molecule has 144 valence electrons. The predicted molar refractivity (Wildman–Crippen MR) is 113 cm³/mol. The van der Waals surface area contributed by atoms with E-state index in [-0.39, 0.29) is 5.91 Å². The van der Waals surface area contributed by atoms with Crippen LogP contribution in [0.4, 0.5) is 0 Å².